The molecule has 0 saturated carbocycles. The van der Waals surface area contributed by atoms with Crippen LogP contribution in [0.5, 0.6) is 0 Å². The van der Waals surface area contributed by atoms with E-state index in [9.17, 15) is 0 Å². The summed E-state index contributed by atoms with van der Waals surface area (Å²) in [4.78, 5) is 6.50. The third kappa shape index (κ3) is 6.30. The smallest absolute Gasteiger partial charge is 0.193 e. The minimum absolute atomic E-state index is 0. The molecular formula is C18H29IN6. The lowest BCUT2D eigenvalue weighted by atomic mass is 10.1. The monoisotopic (exact) mass is 456 g/mol. The van der Waals surface area contributed by atoms with Gasteiger partial charge in [-0.25, -0.2) is 0 Å². The van der Waals surface area contributed by atoms with E-state index in [2.05, 4.69) is 75.1 Å². The molecule has 0 radical (unpaired) electrons. The second-order valence-electron chi connectivity index (χ2n) is 5.79. The summed E-state index contributed by atoms with van der Waals surface area (Å²) in [5, 5.41) is 11.5. The Morgan fingerprint density at radius 2 is 1.84 bits per heavy atom. The van der Waals surface area contributed by atoms with E-state index in [-0.39, 0.29) is 24.0 Å². The fraction of sp³-hybridized carbons (Fsp3) is 0.500. The van der Waals surface area contributed by atoms with Gasteiger partial charge in [-0.15, -0.1) is 34.2 Å². The predicted octanol–water partition coefficient (Wildman–Crippen LogP) is 2.73. The highest BCUT2D eigenvalue weighted by Gasteiger charge is 2.07. The molecule has 0 amide bonds. The molecule has 0 aliphatic heterocycles. The van der Waals surface area contributed by atoms with Crippen LogP contribution in [0.2, 0.25) is 0 Å². The Hall–Kier alpha value is -1.64. The number of rotatable bonds is 7. The largest absolute Gasteiger partial charge is 0.354 e. The third-order valence-corrected chi connectivity index (χ3v) is 4.07. The van der Waals surface area contributed by atoms with Gasteiger partial charge in [-0.3, -0.25) is 4.99 Å². The number of aryl methyl sites for hydroxylation is 2. The molecule has 0 aliphatic carbocycles. The Bertz CT molecular complexity index is 650. The van der Waals surface area contributed by atoms with Gasteiger partial charge < -0.3 is 14.8 Å². The molecule has 0 spiro atoms. The summed E-state index contributed by atoms with van der Waals surface area (Å²) in [5.41, 5.74) is 2.65. The maximum Gasteiger partial charge on any atom is 0.193 e. The number of halogens is 1. The van der Waals surface area contributed by atoms with Crippen molar-refractivity contribution >= 4 is 29.9 Å². The Morgan fingerprint density at radius 3 is 2.44 bits per heavy atom. The van der Waals surface area contributed by atoms with E-state index in [0.29, 0.717) is 0 Å². The van der Waals surface area contributed by atoms with Crippen LogP contribution in [0.4, 0.5) is 0 Å². The Balaban J connectivity index is 0.00000312. The number of benzene rings is 1. The number of aliphatic imine (C=N–C) groups is 1. The van der Waals surface area contributed by atoms with E-state index in [0.717, 1.165) is 44.3 Å². The molecule has 1 N–H and O–H groups in total. The van der Waals surface area contributed by atoms with Crippen LogP contribution in [-0.4, -0.2) is 46.3 Å². The molecule has 0 atom stereocenters. The van der Waals surface area contributed by atoms with Crippen molar-refractivity contribution in [2.45, 2.75) is 39.8 Å². The van der Waals surface area contributed by atoms with E-state index in [1.54, 1.807) is 6.33 Å². The zero-order valence-corrected chi connectivity index (χ0v) is 17.9. The molecule has 0 fully saturated rings. The second kappa shape index (κ2) is 11.1. The highest BCUT2D eigenvalue weighted by molar-refractivity contribution is 14.0. The van der Waals surface area contributed by atoms with E-state index in [1.165, 1.54) is 11.1 Å². The van der Waals surface area contributed by atoms with Gasteiger partial charge in [0.05, 0.1) is 0 Å². The molecule has 2 rings (SSSR count). The van der Waals surface area contributed by atoms with Crippen molar-refractivity contribution in [3.8, 4) is 0 Å². The van der Waals surface area contributed by atoms with Gasteiger partial charge in [-0.05, 0) is 17.5 Å². The lowest BCUT2D eigenvalue weighted by molar-refractivity contribution is 0.472. The standard InChI is InChI=1S/C18H28N6.HI/c1-5-15-7-9-16(10-8-15)13-23(4)18(19-3)20-11-12-24-14-21-22-17(24)6-2;/h7-10,14H,5-6,11-13H2,1-4H3,(H,19,20);1H. The van der Waals surface area contributed by atoms with E-state index in [4.69, 9.17) is 0 Å². The Labute approximate surface area is 167 Å². The molecule has 6 nitrogen and oxygen atoms in total. The molecule has 0 bridgehead atoms. The molecule has 138 valence electrons. The van der Waals surface area contributed by atoms with Crippen LogP contribution >= 0.6 is 24.0 Å². The van der Waals surface area contributed by atoms with E-state index < -0.39 is 0 Å². The van der Waals surface area contributed by atoms with Crippen molar-refractivity contribution < 1.29 is 0 Å². The van der Waals surface area contributed by atoms with Gasteiger partial charge >= 0.3 is 0 Å². The maximum atomic E-state index is 4.37. The lowest BCUT2D eigenvalue weighted by Crippen LogP contribution is -2.39. The molecule has 2 aromatic rings. The Kier molecular flexibility index (Phi) is 9.48. The first-order valence-corrected chi connectivity index (χ1v) is 8.54. The first-order chi connectivity index (χ1) is 11.7. The van der Waals surface area contributed by atoms with Crippen LogP contribution in [0, 0.1) is 0 Å². The average Bonchev–Trinajstić information content (AvgIpc) is 3.06. The van der Waals surface area contributed by atoms with Crippen molar-refractivity contribution in [2.24, 2.45) is 4.99 Å². The summed E-state index contributed by atoms with van der Waals surface area (Å²) in [7, 11) is 3.87. The summed E-state index contributed by atoms with van der Waals surface area (Å²) < 4.78 is 2.07. The molecule has 25 heavy (non-hydrogen) atoms. The van der Waals surface area contributed by atoms with Crippen LogP contribution in [0.3, 0.4) is 0 Å². The molecule has 0 aliphatic rings. The van der Waals surface area contributed by atoms with Crippen molar-refractivity contribution in [1.29, 1.82) is 0 Å². The number of hydrogen-bond acceptors (Lipinski definition) is 3. The number of hydrogen-bond donors (Lipinski definition) is 1. The molecule has 1 aromatic carbocycles. The first-order valence-electron chi connectivity index (χ1n) is 8.54. The van der Waals surface area contributed by atoms with Crippen LogP contribution < -0.4 is 5.32 Å². The topological polar surface area (TPSA) is 58.3 Å². The van der Waals surface area contributed by atoms with Gasteiger partial charge in [0, 0.05) is 40.2 Å². The summed E-state index contributed by atoms with van der Waals surface area (Å²) in [6, 6.07) is 8.76. The van der Waals surface area contributed by atoms with Crippen LogP contribution in [0.1, 0.15) is 30.8 Å². The fourth-order valence-corrected chi connectivity index (χ4v) is 2.64. The molecule has 0 saturated heterocycles. The Morgan fingerprint density at radius 1 is 1.16 bits per heavy atom. The maximum absolute atomic E-state index is 4.37. The quantitative estimate of drug-likeness (QED) is 0.396. The van der Waals surface area contributed by atoms with Gasteiger partial charge in [-0.1, -0.05) is 38.1 Å². The van der Waals surface area contributed by atoms with Gasteiger partial charge in [-0.2, -0.15) is 0 Å². The minimum Gasteiger partial charge on any atom is -0.354 e. The minimum atomic E-state index is 0. The van der Waals surface area contributed by atoms with Crippen LogP contribution in [0.25, 0.3) is 0 Å². The van der Waals surface area contributed by atoms with E-state index >= 15 is 0 Å². The van der Waals surface area contributed by atoms with Gasteiger partial charge in [0.25, 0.3) is 0 Å². The number of guanidine groups is 1. The third-order valence-electron chi connectivity index (χ3n) is 4.07. The first kappa shape index (κ1) is 21.4. The highest BCUT2D eigenvalue weighted by Crippen LogP contribution is 2.07. The SMILES string of the molecule is CCc1ccc(CN(C)C(=NC)NCCn2cnnc2CC)cc1.I. The second-order valence-corrected chi connectivity index (χ2v) is 5.79. The number of aromatic nitrogens is 3. The van der Waals surface area contributed by atoms with Gasteiger partial charge in [0.15, 0.2) is 5.96 Å². The number of nitrogens with one attached hydrogen (secondary N) is 1. The van der Waals surface area contributed by atoms with Crippen LogP contribution in [-0.2, 0) is 25.9 Å². The summed E-state index contributed by atoms with van der Waals surface area (Å²) in [5.74, 6) is 1.90. The lowest BCUT2D eigenvalue weighted by Gasteiger charge is -2.22. The normalized spacial score (nSPS) is 11.1. The average molecular weight is 456 g/mol. The fourth-order valence-electron chi connectivity index (χ4n) is 2.64. The predicted molar refractivity (Wildman–Crippen MR) is 113 cm³/mol. The zero-order chi connectivity index (χ0) is 17.4. The molecule has 1 aromatic heterocycles. The van der Waals surface area contributed by atoms with E-state index in [1.807, 2.05) is 7.05 Å². The number of nitrogens with zero attached hydrogens (tertiary/aromatic N) is 5. The van der Waals surface area contributed by atoms with Crippen LogP contribution in [0.15, 0.2) is 35.6 Å². The molecular weight excluding hydrogens is 427 g/mol. The van der Waals surface area contributed by atoms with Crippen molar-refractivity contribution in [3.63, 3.8) is 0 Å². The van der Waals surface area contributed by atoms with Crippen molar-refractivity contribution in [1.82, 2.24) is 25.0 Å². The van der Waals surface area contributed by atoms with Crippen molar-refractivity contribution in [2.75, 3.05) is 20.6 Å². The van der Waals surface area contributed by atoms with Gasteiger partial charge in [0.1, 0.15) is 12.2 Å². The molecule has 1 heterocycles. The highest BCUT2D eigenvalue weighted by atomic mass is 127. The summed E-state index contributed by atoms with van der Waals surface area (Å²) >= 11 is 0. The van der Waals surface area contributed by atoms with Crippen molar-refractivity contribution in [3.05, 3.63) is 47.5 Å². The summed E-state index contributed by atoms with van der Waals surface area (Å²) in [6.07, 6.45) is 3.74. The van der Waals surface area contributed by atoms with Gasteiger partial charge in [0.2, 0.25) is 0 Å². The molecule has 7 heteroatoms. The molecule has 0 unspecified atom stereocenters. The zero-order valence-electron chi connectivity index (χ0n) is 15.6. The summed E-state index contributed by atoms with van der Waals surface area (Å²) in [6.45, 7) is 6.71.